The summed E-state index contributed by atoms with van der Waals surface area (Å²) >= 11 is 1.50. The van der Waals surface area contributed by atoms with Crippen molar-refractivity contribution >= 4 is 39.1 Å². The Kier molecular flexibility index (Phi) is 7.15. The fraction of sp³-hybridized carbons (Fsp3) is 0.316. The van der Waals surface area contributed by atoms with Crippen LogP contribution in [0.15, 0.2) is 53.4 Å². The Morgan fingerprint density at radius 1 is 1.19 bits per heavy atom. The van der Waals surface area contributed by atoms with Crippen molar-refractivity contribution in [2.45, 2.75) is 24.8 Å². The first-order chi connectivity index (χ1) is 12.7. The summed E-state index contributed by atoms with van der Waals surface area (Å²) in [4.78, 5) is 13.4. The highest BCUT2D eigenvalue weighted by Gasteiger charge is 2.22. The monoisotopic (exact) mass is 408 g/mol. The van der Waals surface area contributed by atoms with Gasteiger partial charge in [0.2, 0.25) is 15.9 Å². The lowest BCUT2D eigenvalue weighted by Crippen LogP contribution is -2.37. The van der Waals surface area contributed by atoms with Gasteiger partial charge in [-0.25, -0.2) is 8.42 Å². The van der Waals surface area contributed by atoms with Gasteiger partial charge < -0.3 is 10.1 Å². The zero-order valence-electron chi connectivity index (χ0n) is 15.8. The van der Waals surface area contributed by atoms with Crippen molar-refractivity contribution < 1.29 is 17.9 Å². The Morgan fingerprint density at radius 2 is 1.89 bits per heavy atom. The fourth-order valence-electron chi connectivity index (χ4n) is 2.45. The van der Waals surface area contributed by atoms with E-state index in [1.807, 2.05) is 38.3 Å². The van der Waals surface area contributed by atoms with Crippen molar-refractivity contribution in [3.05, 3.63) is 48.5 Å². The van der Waals surface area contributed by atoms with Gasteiger partial charge in [0.15, 0.2) is 0 Å². The first-order valence-electron chi connectivity index (χ1n) is 8.38. The molecule has 0 aliphatic carbocycles. The summed E-state index contributed by atoms with van der Waals surface area (Å²) in [5, 5.41) is 2.78. The molecule has 0 bridgehead atoms. The zero-order chi connectivity index (χ0) is 20.0. The SMILES string of the molecule is CSc1ccccc1NC(=O)CN(c1cccc(OC(C)C)c1)S(C)(=O)=O. The number of carbonyl (C=O) groups is 1. The number of nitrogens with zero attached hydrogens (tertiary/aromatic N) is 1. The van der Waals surface area contributed by atoms with Gasteiger partial charge in [-0.05, 0) is 44.4 Å². The predicted octanol–water partition coefficient (Wildman–Crippen LogP) is 3.60. The van der Waals surface area contributed by atoms with Crippen molar-refractivity contribution in [1.82, 2.24) is 0 Å². The van der Waals surface area contributed by atoms with E-state index in [0.29, 0.717) is 17.1 Å². The van der Waals surface area contributed by atoms with Gasteiger partial charge >= 0.3 is 0 Å². The maximum absolute atomic E-state index is 12.5. The van der Waals surface area contributed by atoms with E-state index >= 15 is 0 Å². The molecule has 0 aliphatic rings. The number of thioether (sulfide) groups is 1. The van der Waals surface area contributed by atoms with Gasteiger partial charge in [-0.1, -0.05) is 18.2 Å². The minimum atomic E-state index is -3.65. The zero-order valence-corrected chi connectivity index (χ0v) is 17.4. The smallest absolute Gasteiger partial charge is 0.245 e. The summed E-state index contributed by atoms with van der Waals surface area (Å²) in [6, 6.07) is 14.1. The van der Waals surface area contributed by atoms with Crippen LogP contribution >= 0.6 is 11.8 Å². The number of anilines is 2. The second-order valence-electron chi connectivity index (χ2n) is 6.18. The van der Waals surface area contributed by atoms with Crippen molar-refractivity contribution in [2.24, 2.45) is 0 Å². The lowest BCUT2D eigenvalue weighted by Gasteiger charge is -2.23. The maximum atomic E-state index is 12.5. The number of hydrogen-bond acceptors (Lipinski definition) is 5. The van der Waals surface area contributed by atoms with Gasteiger partial charge in [0.05, 0.1) is 23.7 Å². The third-order valence-corrected chi connectivity index (χ3v) is 5.48. The first kappa shape index (κ1) is 21.1. The Morgan fingerprint density at radius 3 is 2.52 bits per heavy atom. The third-order valence-electron chi connectivity index (χ3n) is 3.55. The van der Waals surface area contributed by atoms with Crippen LogP contribution in [0.25, 0.3) is 0 Å². The van der Waals surface area contributed by atoms with E-state index in [-0.39, 0.29) is 12.6 Å². The standard InChI is InChI=1S/C19H24N2O4S2/c1-14(2)25-16-9-7-8-15(12-16)21(27(4,23)24)13-19(22)20-17-10-5-6-11-18(17)26-3/h5-12,14H,13H2,1-4H3,(H,20,22). The van der Waals surface area contributed by atoms with E-state index < -0.39 is 15.9 Å². The molecular weight excluding hydrogens is 384 g/mol. The largest absolute Gasteiger partial charge is 0.491 e. The van der Waals surface area contributed by atoms with Crippen molar-refractivity contribution in [1.29, 1.82) is 0 Å². The average Bonchev–Trinajstić information content (AvgIpc) is 2.59. The molecule has 1 amide bonds. The molecule has 0 heterocycles. The fourth-order valence-corrected chi connectivity index (χ4v) is 3.85. The van der Waals surface area contributed by atoms with Gasteiger partial charge in [0.1, 0.15) is 12.3 Å². The lowest BCUT2D eigenvalue weighted by atomic mass is 10.3. The molecule has 0 atom stereocenters. The van der Waals surface area contributed by atoms with E-state index in [1.54, 1.807) is 30.3 Å². The van der Waals surface area contributed by atoms with Crippen LogP contribution in [-0.4, -0.2) is 39.5 Å². The van der Waals surface area contributed by atoms with Gasteiger partial charge in [0, 0.05) is 11.0 Å². The van der Waals surface area contributed by atoms with Gasteiger partial charge in [-0.2, -0.15) is 0 Å². The quantitative estimate of drug-likeness (QED) is 0.676. The summed E-state index contributed by atoms with van der Waals surface area (Å²) in [6.07, 6.45) is 2.94. The van der Waals surface area contributed by atoms with Crippen LogP contribution in [-0.2, 0) is 14.8 Å². The van der Waals surface area contributed by atoms with Gasteiger partial charge in [-0.15, -0.1) is 11.8 Å². The van der Waals surface area contributed by atoms with Crippen molar-refractivity contribution in [3.8, 4) is 5.75 Å². The molecule has 146 valence electrons. The normalized spacial score (nSPS) is 11.3. The second kappa shape index (κ2) is 9.14. The van der Waals surface area contributed by atoms with Crippen LogP contribution in [0, 0.1) is 0 Å². The summed E-state index contributed by atoms with van der Waals surface area (Å²) < 4.78 is 31.2. The van der Waals surface area contributed by atoms with Crippen LogP contribution in [0.2, 0.25) is 0 Å². The predicted molar refractivity (Wildman–Crippen MR) is 111 cm³/mol. The van der Waals surface area contributed by atoms with Gasteiger partial charge in [-0.3, -0.25) is 9.10 Å². The number of carbonyl (C=O) groups excluding carboxylic acids is 1. The summed E-state index contributed by atoms with van der Waals surface area (Å²) in [6.45, 7) is 3.45. The molecule has 0 spiro atoms. The minimum absolute atomic E-state index is 0.0433. The molecule has 8 heteroatoms. The van der Waals surface area contributed by atoms with E-state index in [2.05, 4.69) is 5.32 Å². The molecule has 0 radical (unpaired) electrons. The van der Waals surface area contributed by atoms with Crippen LogP contribution in [0.3, 0.4) is 0 Å². The van der Waals surface area contributed by atoms with Crippen LogP contribution < -0.4 is 14.4 Å². The first-order valence-corrected chi connectivity index (χ1v) is 11.5. The third kappa shape index (κ3) is 6.18. The number of amides is 1. The lowest BCUT2D eigenvalue weighted by molar-refractivity contribution is -0.114. The molecule has 0 saturated carbocycles. The highest BCUT2D eigenvalue weighted by atomic mass is 32.2. The van der Waals surface area contributed by atoms with E-state index in [4.69, 9.17) is 4.74 Å². The van der Waals surface area contributed by atoms with Crippen molar-refractivity contribution in [2.75, 3.05) is 28.7 Å². The minimum Gasteiger partial charge on any atom is -0.491 e. The molecule has 0 aromatic heterocycles. The second-order valence-corrected chi connectivity index (χ2v) is 8.94. The maximum Gasteiger partial charge on any atom is 0.245 e. The molecule has 0 unspecified atom stereocenters. The summed E-state index contributed by atoms with van der Waals surface area (Å²) in [5.74, 6) is 0.126. The topological polar surface area (TPSA) is 75.7 Å². The van der Waals surface area contributed by atoms with Crippen LogP contribution in [0.5, 0.6) is 5.75 Å². The Labute approximate surface area is 165 Å². The molecule has 2 rings (SSSR count). The van der Waals surface area contributed by atoms with E-state index in [1.165, 1.54) is 11.8 Å². The highest BCUT2D eigenvalue weighted by Crippen LogP contribution is 2.26. The molecule has 0 saturated heterocycles. The number of nitrogens with one attached hydrogen (secondary N) is 1. The molecule has 2 aromatic rings. The number of benzene rings is 2. The number of ether oxygens (including phenoxy) is 1. The van der Waals surface area contributed by atoms with Gasteiger partial charge in [0.25, 0.3) is 0 Å². The van der Waals surface area contributed by atoms with E-state index in [0.717, 1.165) is 15.5 Å². The van der Waals surface area contributed by atoms with Crippen LogP contribution in [0.4, 0.5) is 11.4 Å². The molecule has 0 aliphatic heterocycles. The Hall–Kier alpha value is -2.19. The molecule has 1 N–H and O–H groups in total. The summed E-state index contributed by atoms with van der Waals surface area (Å²) in [5.41, 5.74) is 1.03. The molecule has 6 nitrogen and oxygen atoms in total. The highest BCUT2D eigenvalue weighted by molar-refractivity contribution is 7.98. The average molecular weight is 409 g/mol. The molecule has 27 heavy (non-hydrogen) atoms. The number of para-hydroxylation sites is 1. The molecule has 2 aromatic carbocycles. The van der Waals surface area contributed by atoms with Crippen LogP contribution in [0.1, 0.15) is 13.8 Å². The number of sulfonamides is 1. The van der Waals surface area contributed by atoms with E-state index in [9.17, 15) is 13.2 Å². The number of hydrogen-bond donors (Lipinski definition) is 1. The Bertz CT molecular complexity index is 898. The van der Waals surface area contributed by atoms with Crippen molar-refractivity contribution in [3.63, 3.8) is 0 Å². The summed E-state index contributed by atoms with van der Waals surface area (Å²) in [7, 11) is -3.65. The molecular formula is C19H24N2O4S2. The Balaban J connectivity index is 2.24. The number of rotatable bonds is 8. The molecule has 0 fully saturated rings.